The topological polar surface area (TPSA) is 49.9 Å². The van der Waals surface area contributed by atoms with Crippen molar-refractivity contribution >= 4 is 46.3 Å². The van der Waals surface area contributed by atoms with Crippen LogP contribution in [0.1, 0.15) is 12.0 Å². The van der Waals surface area contributed by atoms with Crippen LogP contribution in [0, 0.1) is 0 Å². The van der Waals surface area contributed by atoms with Gasteiger partial charge < -0.3 is 9.64 Å². The quantitative estimate of drug-likeness (QED) is 0.421. The van der Waals surface area contributed by atoms with Crippen LogP contribution in [0.4, 0.5) is 0 Å². The molecule has 0 aromatic heterocycles. The number of hydrogen-bond donors (Lipinski definition) is 0. The van der Waals surface area contributed by atoms with Crippen molar-refractivity contribution in [2.75, 3.05) is 33.8 Å². The number of nitrogens with zero attached hydrogens (tertiary/aromatic N) is 2. The molecule has 0 spiro atoms. The molecule has 1 fully saturated rings. The molecule has 1 saturated heterocycles. The third-order valence-corrected chi connectivity index (χ3v) is 4.69. The molecule has 1 aliphatic heterocycles. The molecular weight excluding hydrogens is 344 g/mol. The molecule has 1 amide bonds. The Bertz CT molecular complexity index is 644. The number of thiocarbonyl (C=S) groups is 1. The van der Waals surface area contributed by atoms with Crippen molar-refractivity contribution in [2.45, 2.75) is 6.42 Å². The third-order valence-electron chi connectivity index (χ3n) is 3.31. The number of likely N-dealkylation sites (N-methyl/N-ethyl adjacent to an activating group) is 1. The van der Waals surface area contributed by atoms with E-state index in [1.165, 1.54) is 16.7 Å². The van der Waals surface area contributed by atoms with E-state index >= 15 is 0 Å². The van der Waals surface area contributed by atoms with Crippen LogP contribution in [0.25, 0.3) is 6.08 Å². The van der Waals surface area contributed by atoms with E-state index in [-0.39, 0.29) is 24.8 Å². The molecule has 2 rings (SSSR count). The number of benzene rings is 1. The maximum Gasteiger partial charge on any atom is 0.307 e. The maximum absolute atomic E-state index is 12.4. The Morgan fingerprint density at radius 1 is 1.33 bits per heavy atom. The molecule has 1 aromatic carbocycles. The van der Waals surface area contributed by atoms with Gasteiger partial charge in [-0.1, -0.05) is 54.3 Å². The van der Waals surface area contributed by atoms with Gasteiger partial charge in [-0.25, -0.2) is 0 Å². The van der Waals surface area contributed by atoms with Gasteiger partial charge in [-0.05, 0) is 25.7 Å². The van der Waals surface area contributed by atoms with Crippen molar-refractivity contribution in [2.24, 2.45) is 0 Å². The molecule has 1 heterocycles. The highest BCUT2D eigenvalue weighted by Gasteiger charge is 2.32. The smallest absolute Gasteiger partial charge is 0.307 e. The highest BCUT2D eigenvalue weighted by molar-refractivity contribution is 8.26. The van der Waals surface area contributed by atoms with Gasteiger partial charge in [0.05, 0.1) is 11.3 Å². The summed E-state index contributed by atoms with van der Waals surface area (Å²) >= 11 is 6.51. The molecule has 128 valence electrons. The Morgan fingerprint density at radius 2 is 2.04 bits per heavy atom. The second-order valence-electron chi connectivity index (χ2n) is 5.52. The minimum atomic E-state index is -0.321. The second-order valence-corrected chi connectivity index (χ2v) is 7.19. The Labute approximate surface area is 151 Å². The van der Waals surface area contributed by atoms with Gasteiger partial charge in [0.1, 0.15) is 10.9 Å². The zero-order valence-corrected chi connectivity index (χ0v) is 15.4. The van der Waals surface area contributed by atoms with Gasteiger partial charge in [0, 0.05) is 13.1 Å². The SMILES string of the molecule is CN(C)CCOC(=O)CCN1C(=O)C(=Cc2ccccc2)SC1=S. The molecule has 0 atom stereocenters. The lowest BCUT2D eigenvalue weighted by Gasteiger charge is -2.14. The number of thioether (sulfide) groups is 1. The van der Waals surface area contributed by atoms with Crippen molar-refractivity contribution in [3.63, 3.8) is 0 Å². The van der Waals surface area contributed by atoms with Crippen molar-refractivity contribution in [1.29, 1.82) is 0 Å². The van der Waals surface area contributed by atoms with E-state index in [9.17, 15) is 9.59 Å². The predicted molar refractivity (Wildman–Crippen MR) is 100 cm³/mol. The average molecular weight is 364 g/mol. The first-order valence-electron chi connectivity index (χ1n) is 7.58. The van der Waals surface area contributed by atoms with Crippen molar-refractivity contribution in [1.82, 2.24) is 9.80 Å². The zero-order valence-electron chi connectivity index (χ0n) is 13.7. The third kappa shape index (κ3) is 5.43. The molecule has 0 unspecified atom stereocenters. The fourth-order valence-electron chi connectivity index (χ4n) is 2.01. The number of esters is 1. The highest BCUT2D eigenvalue weighted by Crippen LogP contribution is 2.32. The minimum Gasteiger partial charge on any atom is -0.464 e. The second kappa shape index (κ2) is 8.96. The molecule has 5 nitrogen and oxygen atoms in total. The molecule has 0 N–H and O–H groups in total. The lowest BCUT2D eigenvalue weighted by Crippen LogP contribution is -2.31. The van der Waals surface area contributed by atoms with Gasteiger partial charge in [0.25, 0.3) is 5.91 Å². The monoisotopic (exact) mass is 364 g/mol. The number of carbonyl (C=O) groups excluding carboxylic acids is 2. The summed E-state index contributed by atoms with van der Waals surface area (Å²) in [7, 11) is 3.82. The Balaban J connectivity index is 1.88. The largest absolute Gasteiger partial charge is 0.464 e. The van der Waals surface area contributed by atoms with Crippen molar-refractivity contribution < 1.29 is 14.3 Å². The van der Waals surface area contributed by atoms with Crippen LogP contribution in [0.5, 0.6) is 0 Å². The lowest BCUT2D eigenvalue weighted by atomic mass is 10.2. The van der Waals surface area contributed by atoms with Crippen LogP contribution in [0.15, 0.2) is 35.2 Å². The predicted octanol–water partition coefficient (Wildman–Crippen LogP) is 2.38. The van der Waals surface area contributed by atoms with Crippen molar-refractivity contribution in [3.05, 3.63) is 40.8 Å². The lowest BCUT2D eigenvalue weighted by molar-refractivity contribution is -0.144. The summed E-state index contributed by atoms with van der Waals surface area (Å²) < 4.78 is 5.60. The number of rotatable bonds is 7. The molecule has 0 saturated carbocycles. The van der Waals surface area contributed by atoms with Crippen LogP contribution in [0.3, 0.4) is 0 Å². The molecule has 1 aliphatic rings. The molecule has 0 radical (unpaired) electrons. The first-order chi connectivity index (χ1) is 11.5. The van der Waals surface area contributed by atoms with Gasteiger partial charge in [-0.2, -0.15) is 0 Å². The van der Waals surface area contributed by atoms with Crippen LogP contribution >= 0.6 is 24.0 Å². The minimum absolute atomic E-state index is 0.137. The zero-order chi connectivity index (χ0) is 17.5. The maximum atomic E-state index is 12.4. The van der Waals surface area contributed by atoms with E-state index < -0.39 is 0 Å². The van der Waals surface area contributed by atoms with Crippen LogP contribution < -0.4 is 0 Å². The number of ether oxygens (including phenoxy) is 1. The van der Waals surface area contributed by atoms with Crippen molar-refractivity contribution in [3.8, 4) is 0 Å². The summed E-state index contributed by atoms with van der Waals surface area (Å²) in [6.45, 7) is 1.27. The van der Waals surface area contributed by atoms with Gasteiger partial charge in [-0.3, -0.25) is 14.5 Å². The molecule has 24 heavy (non-hydrogen) atoms. The number of amides is 1. The Kier molecular flexibility index (Phi) is 6.96. The van der Waals surface area contributed by atoms with E-state index in [1.807, 2.05) is 55.4 Å². The average Bonchev–Trinajstić information content (AvgIpc) is 2.80. The molecule has 7 heteroatoms. The summed E-state index contributed by atoms with van der Waals surface area (Å²) in [6.07, 6.45) is 1.95. The Morgan fingerprint density at radius 3 is 2.71 bits per heavy atom. The van der Waals surface area contributed by atoms with E-state index in [0.29, 0.717) is 22.4 Å². The van der Waals surface area contributed by atoms with Crippen LogP contribution in [-0.2, 0) is 14.3 Å². The van der Waals surface area contributed by atoms with Crippen LogP contribution in [-0.4, -0.2) is 59.8 Å². The summed E-state index contributed by atoms with van der Waals surface area (Å²) in [5.41, 5.74) is 0.945. The number of hydrogen-bond acceptors (Lipinski definition) is 6. The fraction of sp³-hybridized carbons (Fsp3) is 0.353. The standard InChI is InChI=1S/C17H20N2O3S2/c1-18(2)10-11-22-15(20)8-9-19-16(21)14(24-17(19)23)12-13-6-4-3-5-7-13/h3-7,12H,8-11H2,1-2H3. The molecule has 0 aliphatic carbocycles. The van der Waals surface area contributed by atoms with E-state index in [2.05, 4.69) is 0 Å². The Hall–Kier alpha value is -1.70. The van der Waals surface area contributed by atoms with E-state index in [1.54, 1.807) is 0 Å². The number of carbonyl (C=O) groups is 2. The van der Waals surface area contributed by atoms with Gasteiger partial charge in [0.2, 0.25) is 0 Å². The fourth-order valence-corrected chi connectivity index (χ4v) is 3.32. The van der Waals surface area contributed by atoms with Crippen LogP contribution in [0.2, 0.25) is 0 Å². The van der Waals surface area contributed by atoms with E-state index in [4.69, 9.17) is 17.0 Å². The summed E-state index contributed by atoms with van der Waals surface area (Å²) in [5.74, 6) is -0.479. The normalized spacial score (nSPS) is 16.3. The first-order valence-corrected chi connectivity index (χ1v) is 8.80. The first kappa shape index (κ1) is 18.6. The molecule has 1 aromatic rings. The molecule has 0 bridgehead atoms. The van der Waals surface area contributed by atoms with Gasteiger partial charge >= 0.3 is 5.97 Å². The highest BCUT2D eigenvalue weighted by atomic mass is 32.2. The summed E-state index contributed by atoms with van der Waals surface area (Å²) in [6, 6.07) is 9.60. The summed E-state index contributed by atoms with van der Waals surface area (Å²) in [4.78, 5) is 28.1. The van der Waals surface area contributed by atoms with Gasteiger partial charge in [-0.15, -0.1) is 0 Å². The molecular formula is C17H20N2O3S2. The van der Waals surface area contributed by atoms with Gasteiger partial charge in [0.15, 0.2) is 0 Å². The summed E-state index contributed by atoms with van der Waals surface area (Å²) in [5, 5.41) is 0. The van der Waals surface area contributed by atoms with E-state index in [0.717, 1.165) is 5.56 Å².